The smallest absolute Gasteiger partial charge is 0.300 e. The van der Waals surface area contributed by atoms with Gasteiger partial charge in [0.2, 0.25) is 0 Å². The van der Waals surface area contributed by atoms with Crippen molar-refractivity contribution in [3.05, 3.63) is 0 Å². The van der Waals surface area contributed by atoms with Gasteiger partial charge in [0.1, 0.15) is 0 Å². The molecule has 6 nitrogen and oxygen atoms in total. The Morgan fingerprint density at radius 1 is 1.07 bits per heavy atom. The van der Waals surface area contributed by atoms with E-state index in [1.165, 1.54) is 21.0 Å². The highest BCUT2D eigenvalue weighted by molar-refractivity contribution is 6.35. The van der Waals surface area contributed by atoms with E-state index in [1.807, 2.05) is 0 Å². The molecule has 0 bridgehead atoms. The topological polar surface area (TPSA) is 97.7 Å². The molecule has 0 atom stereocenters. The van der Waals surface area contributed by atoms with E-state index < -0.39 is 5.97 Å². The molecule has 0 amide bonds. The van der Waals surface area contributed by atoms with Crippen molar-refractivity contribution in [2.45, 2.75) is 20.8 Å². The molecule has 0 aromatic heterocycles. The lowest BCUT2D eigenvalue weighted by atomic mass is 10.3. The third-order valence-electron chi connectivity index (χ3n) is 0.592. The molecule has 0 aliphatic heterocycles. The molecule has 82 valence electrons. The van der Waals surface area contributed by atoms with Crippen molar-refractivity contribution in [2.75, 3.05) is 7.11 Å². The maximum atomic E-state index is 9.79. The highest BCUT2D eigenvalue weighted by atomic mass is 16.5. The Morgan fingerprint density at radius 2 is 1.21 bits per heavy atom. The summed E-state index contributed by atoms with van der Waals surface area (Å²) in [6.45, 7) is 3.96. The Labute approximate surface area is 81.9 Å². The first-order valence-corrected chi connectivity index (χ1v) is 3.47. The van der Waals surface area contributed by atoms with Crippen molar-refractivity contribution in [1.82, 2.24) is 0 Å². The van der Waals surface area contributed by atoms with Gasteiger partial charge in [-0.15, -0.1) is 0 Å². The van der Waals surface area contributed by atoms with E-state index in [0.717, 1.165) is 6.92 Å². The molecule has 0 rings (SSSR count). The summed E-state index contributed by atoms with van der Waals surface area (Å²) in [5, 5.41) is 7.42. The minimum Gasteiger partial charge on any atom is -0.481 e. The zero-order chi connectivity index (χ0) is 12.1. The molecule has 6 heteroatoms. The van der Waals surface area contributed by atoms with Crippen molar-refractivity contribution in [3.63, 3.8) is 0 Å². The monoisotopic (exact) mass is 206 g/mol. The summed E-state index contributed by atoms with van der Waals surface area (Å²) < 4.78 is 3.86. The third-order valence-corrected chi connectivity index (χ3v) is 0.592. The van der Waals surface area contributed by atoms with Crippen LogP contribution in [-0.2, 0) is 23.9 Å². The molecule has 0 unspecified atom stereocenters. The number of carboxylic acid groups (broad SMARTS) is 1. The second-order valence-electron chi connectivity index (χ2n) is 1.96. The van der Waals surface area contributed by atoms with Gasteiger partial charge in [-0.1, -0.05) is 0 Å². The van der Waals surface area contributed by atoms with Crippen molar-refractivity contribution >= 4 is 24.0 Å². The number of ether oxygens (including phenoxy) is 1. The van der Waals surface area contributed by atoms with Crippen LogP contribution in [-0.4, -0.2) is 36.2 Å². The summed E-state index contributed by atoms with van der Waals surface area (Å²) in [5.41, 5.74) is 0. The molecule has 0 saturated heterocycles. The van der Waals surface area contributed by atoms with Crippen LogP contribution in [0.2, 0.25) is 0 Å². The molecule has 0 saturated carbocycles. The predicted octanol–water partition coefficient (Wildman–Crippen LogP) is 0.0445. The van der Waals surface area contributed by atoms with E-state index in [1.54, 1.807) is 0 Å². The first kappa shape index (κ1) is 18.1. The first-order valence-electron chi connectivity index (χ1n) is 3.47. The van der Waals surface area contributed by atoms with Gasteiger partial charge in [0.25, 0.3) is 12.4 Å². The normalized spacial score (nSPS) is 6.57. The van der Waals surface area contributed by atoms with Crippen molar-refractivity contribution in [2.24, 2.45) is 0 Å². The largest absolute Gasteiger partial charge is 0.481 e. The zero-order valence-electron chi connectivity index (χ0n) is 8.57. The van der Waals surface area contributed by atoms with Crippen LogP contribution in [0.4, 0.5) is 0 Å². The number of Topliss-reactive ketones (excluding diaryl/α,β-unsaturated/α-hetero) is 2. The lowest BCUT2D eigenvalue weighted by molar-refractivity contribution is -0.134. The van der Waals surface area contributed by atoms with E-state index in [9.17, 15) is 9.59 Å². The van der Waals surface area contributed by atoms with E-state index in [2.05, 4.69) is 4.74 Å². The second-order valence-corrected chi connectivity index (χ2v) is 1.96. The van der Waals surface area contributed by atoms with Gasteiger partial charge in [-0.2, -0.15) is 0 Å². The molecule has 0 spiro atoms. The maximum absolute atomic E-state index is 9.79. The number of aliphatic carboxylic acids is 1. The van der Waals surface area contributed by atoms with Crippen LogP contribution < -0.4 is 0 Å². The molecule has 1 N–H and O–H groups in total. The summed E-state index contributed by atoms with van der Waals surface area (Å²) >= 11 is 0. The average molecular weight is 206 g/mol. The number of methoxy groups -OCH3 is 1. The number of carbonyl (C=O) groups is 4. The summed E-state index contributed by atoms with van der Waals surface area (Å²) in [4.78, 5) is 37.5. The minimum absolute atomic E-state index is 0.375. The fourth-order valence-corrected chi connectivity index (χ4v) is 0. The van der Waals surface area contributed by atoms with Crippen LogP contribution in [0.25, 0.3) is 0 Å². The SMILES string of the molecule is CC(=O)C(C)=O.CC(=O)O.COC=O. The highest BCUT2D eigenvalue weighted by Crippen LogP contribution is 1.66. The fourth-order valence-electron chi connectivity index (χ4n) is 0. The quantitative estimate of drug-likeness (QED) is 0.506. The molecule has 0 aliphatic carbocycles. The lowest BCUT2D eigenvalue weighted by Crippen LogP contribution is -2.01. The zero-order valence-corrected chi connectivity index (χ0v) is 8.57. The molecule has 14 heavy (non-hydrogen) atoms. The molecular formula is C8H14O6. The molecule has 0 aromatic carbocycles. The molecule has 0 fully saturated rings. The standard InChI is InChI=1S/C4H6O2.2C2H4O2/c1-3(5)4(2)6;1-4-2-3;1-2(3)4/h1-2H3;2H,1H3;1H3,(H,3,4). The van der Waals surface area contributed by atoms with E-state index in [4.69, 9.17) is 14.7 Å². The number of rotatable bonds is 2. The van der Waals surface area contributed by atoms with Crippen LogP contribution in [0.3, 0.4) is 0 Å². The number of hydrogen-bond acceptors (Lipinski definition) is 5. The predicted molar refractivity (Wildman–Crippen MR) is 47.7 cm³/mol. The van der Waals surface area contributed by atoms with Gasteiger partial charge in [-0.3, -0.25) is 19.2 Å². The maximum Gasteiger partial charge on any atom is 0.300 e. The summed E-state index contributed by atoms with van der Waals surface area (Å²) in [5.74, 6) is -1.59. The van der Waals surface area contributed by atoms with E-state index >= 15 is 0 Å². The Bertz CT molecular complexity index is 180. The van der Waals surface area contributed by atoms with Crippen LogP contribution in [0.5, 0.6) is 0 Å². The van der Waals surface area contributed by atoms with E-state index in [-0.39, 0.29) is 11.6 Å². The number of hydrogen-bond donors (Lipinski definition) is 1. The number of ketones is 2. The third kappa shape index (κ3) is 82.3. The van der Waals surface area contributed by atoms with Gasteiger partial charge in [0.15, 0.2) is 11.6 Å². The van der Waals surface area contributed by atoms with E-state index in [0.29, 0.717) is 6.47 Å². The van der Waals surface area contributed by atoms with Gasteiger partial charge in [0, 0.05) is 20.8 Å². The number of carbonyl (C=O) groups excluding carboxylic acids is 3. The van der Waals surface area contributed by atoms with Gasteiger partial charge in [0.05, 0.1) is 7.11 Å². The summed E-state index contributed by atoms with van der Waals surface area (Å²) in [7, 11) is 1.31. The van der Waals surface area contributed by atoms with Crippen LogP contribution >= 0.6 is 0 Å². The fraction of sp³-hybridized carbons (Fsp3) is 0.500. The van der Waals surface area contributed by atoms with Gasteiger partial charge < -0.3 is 9.84 Å². The summed E-state index contributed by atoms with van der Waals surface area (Å²) in [6, 6.07) is 0. The van der Waals surface area contributed by atoms with Crippen LogP contribution in [0.15, 0.2) is 0 Å². The minimum atomic E-state index is -0.833. The lowest BCUT2D eigenvalue weighted by Gasteiger charge is -1.73. The average Bonchev–Trinajstić information content (AvgIpc) is 2.03. The molecule has 0 aromatic rings. The van der Waals surface area contributed by atoms with Crippen LogP contribution in [0.1, 0.15) is 20.8 Å². The Hall–Kier alpha value is -1.72. The molecular weight excluding hydrogens is 192 g/mol. The van der Waals surface area contributed by atoms with Crippen molar-refractivity contribution in [1.29, 1.82) is 0 Å². The second kappa shape index (κ2) is 13.8. The molecule has 0 radical (unpaired) electrons. The molecule has 0 aliphatic rings. The highest BCUT2D eigenvalue weighted by Gasteiger charge is 1.94. The van der Waals surface area contributed by atoms with Crippen LogP contribution in [0, 0.1) is 0 Å². The van der Waals surface area contributed by atoms with Gasteiger partial charge >= 0.3 is 0 Å². The van der Waals surface area contributed by atoms with Crippen molar-refractivity contribution in [3.8, 4) is 0 Å². The Morgan fingerprint density at radius 3 is 1.21 bits per heavy atom. The Kier molecular flexibility index (Phi) is 17.9. The first-order chi connectivity index (χ1) is 6.29. The summed E-state index contributed by atoms with van der Waals surface area (Å²) in [6.07, 6.45) is 0. The van der Waals surface area contributed by atoms with Gasteiger partial charge in [-0.25, -0.2) is 0 Å². The van der Waals surface area contributed by atoms with Crippen molar-refractivity contribution < 1.29 is 29.0 Å². The van der Waals surface area contributed by atoms with Gasteiger partial charge in [-0.05, 0) is 0 Å². The number of carboxylic acids is 1. The Balaban J connectivity index is -0.000000135. The molecule has 0 heterocycles.